The van der Waals surface area contributed by atoms with Gasteiger partial charge < -0.3 is 4.74 Å². The molecule has 4 aromatic rings. The van der Waals surface area contributed by atoms with Crippen LogP contribution in [0.2, 0.25) is 0 Å². The summed E-state index contributed by atoms with van der Waals surface area (Å²) in [5.41, 5.74) is 3.11. The van der Waals surface area contributed by atoms with Gasteiger partial charge in [0.05, 0.1) is 12.7 Å². The van der Waals surface area contributed by atoms with Crippen molar-refractivity contribution in [3.05, 3.63) is 71.3 Å². The van der Waals surface area contributed by atoms with Crippen molar-refractivity contribution in [1.82, 2.24) is 0 Å². The van der Waals surface area contributed by atoms with E-state index in [1.807, 2.05) is 18.2 Å². The van der Waals surface area contributed by atoms with Gasteiger partial charge in [0.15, 0.2) is 0 Å². The van der Waals surface area contributed by atoms with Crippen molar-refractivity contribution in [3.8, 4) is 0 Å². The Morgan fingerprint density at radius 2 is 1.46 bits per heavy atom. The van der Waals surface area contributed by atoms with Crippen molar-refractivity contribution in [2.75, 3.05) is 7.11 Å². The minimum Gasteiger partial charge on any atom is -0.465 e. The summed E-state index contributed by atoms with van der Waals surface area (Å²) in [4.78, 5) is 11.9. The number of ether oxygens (including phenoxy) is 1. The highest BCUT2D eigenvalue weighted by Crippen LogP contribution is 2.36. The predicted octanol–water partition coefficient (Wildman–Crippen LogP) is 5.55. The number of hydrogen-bond acceptors (Lipinski definition) is 2. The summed E-state index contributed by atoms with van der Waals surface area (Å²) >= 11 is 0. The molecule has 4 aromatic carbocycles. The van der Waals surface area contributed by atoms with Gasteiger partial charge >= 0.3 is 5.97 Å². The van der Waals surface area contributed by atoms with Crippen LogP contribution in [0.15, 0.2) is 54.6 Å². The van der Waals surface area contributed by atoms with Crippen LogP contribution in [-0.2, 0) is 4.74 Å². The number of carbonyl (C=O) groups is 1. The molecule has 0 saturated carbocycles. The van der Waals surface area contributed by atoms with Crippen molar-refractivity contribution in [1.29, 1.82) is 0 Å². The zero-order chi connectivity index (χ0) is 16.8. The molecule has 0 aliphatic rings. The second-order valence-corrected chi connectivity index (χ2v) is 6.21. The Morgan fingerprint density at radius 3 is 2.17 bits per heavy atom. The van der Waals surface area contributed by atoms with Crippen molar-refractivity contribution in [2.24, 2.45) is 0 Å². The van der Waals surface area contributed by atoms with Crippen LogP contribution in [0.1, 0.15) is 21.5 Å². The maximum Gasteiger partial charge on any atom is 0.337 e. The number of hydrogen-bond donors (Lipinski definition) is 0. The van der Waals surface area contributed by atoms with Crippen LogP contribution in [0.25, 0.3) is 32.3 Å². The zero-order valence-electron chi connectivity index (χ0n) is 14.0. The first kappa shape index (κ1) is 14.7. The topological polar surface area (TPSA) is 26.3 Å². The summed E-state index contributed by atoms with van der Waals surface area (Å²) in [5, 5.41) is 7.23. The molecule has 0 heterocycles. The minimum absolute atomic E-state index is 0.302. The minimum atomic E-state index is -0.302. The lowest BCUT2D eigenvalue weighted by atomic mass is 9.89. The average Bonchev–Trinajstić information content (AvgIpc) is 2.64. The molecule has 2 heteroatoms. The fourth-order valence-corrected chi connectivity index (χ4v) is 3.70. The third-order valence-electron chi connectivity index (χ3n) is 4.96. The van der Waals surface area contributed by atoms with Gasteiger partial charge in [-0.05, 0) is 69.4 Å². The quantitative estimate of drug-likeness (QED) is 0.261. The predicted molar refractivity (Wildman–Crippen MR) is 99.8 cm³/mol. The molecular weight excluding hydrogens is 296 g/mol. The molecule has 0 spiro atoms. The van der Waals surface area contributed by atoms with Crippen LogP contribution in [0, 0.1) is 13.8 Å². The fourth-order valence-electron chi connectivity index (χ4n) is 3.70. The van der Waals surface area contributed by atoms with Gasteiger partial charge in [-0.3, -0.25) is 0 Å². The lowest BCUT2D eigenvalue weighted by Crippen LogP contribution is -2.00. The van der Waals surface area contributed by atoms with E-state index in [-0.39, 0.29) is 5.97 Å². The molecule has 0 aliphatic carbocycles. The molecule has 0 N–H and O–H groups in total. The Hall–Kier alpha value is -2.87. The van der Waals surface area contributed by atoms with Gasteiger partial charge in [0, 0.05) is 0 Å². The number of esters is 1. The number of rotatable bonds is 1. The van der Waals surface area contributed by atoms with Crippen molar-refractivity contribution >= 4 is 38.3 Å². The van der Waals surface area contributed by atoms with E-state index in [0.717, 1.165) is 10.8 Å². The molecule has 4 rings (SSSR count). The van der Waals surface area contributed by atoms with E-state index < -0.39 is 0 Å². The molecule has 2 nitrogen and oxygen atoms in total. The Labute approximate surface area is 140 Å². The largest absolute Gasteiger partial charge is 0.465 e. The molecule has 118 valence electrons. The highest BCUT2D eigenvalue weighted by molar-refractivity contribution is 6.17. The summed E-state index contributed by atoms with van der Waals surface area (Å²) in [6, 6.07) is 18.6. The summed E-state index contributed by atoms with van der Waals surface area (Å²) < 4.78 is 4.88. The molecule has 0 radical (unpaired) electrons. The monoisotopic (exact) mass is 314 g/mol. The van der Waals surface area contributed by atoms with Crippen LogP contribution in [0.4, 0.5) is 0 Å². The average molecular weight is 314 g/mol. The van der Waals surface area contributed by atoms with E-state index in [0.29, 0.717) is 5.56 Å². The van der Waals surface area contributed by atoms with E-state index in [2.05, 4.69) is 50.2 Å². The summed E-state index contributed by atoms with van der Waals surface area (Å²) in [6.45, 7) is 4.33. The molecule has 0 fully saturated rings. The second-order valence-electron chi connectivity index (χ2n) is 6.21. The highest BCUT2D eigenvalue weighted by atomic mass is 16.5. The molecule has 0 aliphatic heterocycles. The first-order valence-corrected chi connectivity index (χ1v) is 8.04. The maximum atomic E-state index is 11.9. The number of methoxy groups -OCH3 is 1. The standard InChI is InChI=1S/C22H18O2/c1-13-17-6-4-5-7-18(17)14(2)21-19(13)11-10-15-8-9-16(12-20(15)21)22(23)24-3/h4-12H,1-3H3. The van der Waals surface area contributed by atoms with Gasteiger partial charge in [0.1, 0.15) is 0 Å². The molecule has 0 amide bonds. The number of aryl methyl sites for hydroxylation is 2. The van der Waals surface area contributed by atoms with Crippen molar-refractivity contribution in [3.63, 3.8) is 0 Å². The third-order valence-corrected chi connectivity index (χ3v) is 4.96. The van der Waals surface area contributed by atoms with Gasteiger partial charge in [-0.15, -0.1) is 0 Å². The number of carbonyl (C=O) groups excluding carboxylic acids is 1. The molecule has 0 bridgehead atoms. The van der Waals surface area contributed by atoms with Crippen LogP contribution in [0.5, 0.6) is 0 Å². The van der Waals surface area contributed by atoms with Gasteiger partial charge in [-0.2, -0.15) is 0 Å². The lowest BCUT2D eigenvalue weighted by molar-refractivity contribution is 0.0601. The highest BCUT2D eigenvalue weighted by Gasteiger charge is 2.13. The molecule has 0 unspecified atom stereocenters. The number of fused-ring (bicyclic) bond motifs is 4. The Kier molecular flexibility index (Phi) is 3.27. The Morgan fingerprint density at radius 1 is 0.792 bits per heavy atom. The van der Waals surface area contributed by atoms with Crippen molar-refractivity contribution in [2.45, 2.75) is 13.8 Å². The Balaban J connectivity index is 2.22. The van der Waals surface area contributed by atoms with Gasteiger partial charge in [0.25, 0.3) is 0 Å². The third kappa shape index (κ3) is 2.00. The first-order valence-electron chi connectivity index (χ1n) is 8.04. The molecule has 0 aromatic heterocycles. The van der Waals surface area contributed by atoms with Gasteiger partial charge in [-0.25, -0.2) is 4.79 Å². The number of benzene rings is 4. The van der Waals surface area contributed by atoms with E-state index >= 15 is 0 Å². The smallest absolute Gasteiger partial charge is 0.337 e. The summed E-state index contributed by atoms with van der Waals surface area (Å²) in [5.74, 6) is -0.302. The summed E-state index contributed by atoms with van der Waals surface area (Å²) in [7, 11) is 1.42. The van der Waals surface area contributed by atoms with Crippen molar-refractivity contribution < 1.29 is 9.53 Å². The SMILES string of the molecule is COC(=O)c1ccc2ccc3c(C)c4ccccc4c(C)c3c2c1. The van der Waals surface area contributed by atoms with E-state index in [1.165, 1.54) is 39.8 Å². The maximum absolute atomic E-state index is 11.9. The van der Waals surface area contributed by atoms with E-state index in [9.17, 15) is 4.79 Å². The van der Waals surface area contributed by atoms with Gasteiger partial charge in [-0.1, -0.05) is 42.5 Å². The second kappa shape index (κ2) is 5.34. The molecule has 0 atom stereocenters. The zero-order valence-corrected chi connectivity index (χ0v) is 14.0. The van der Waals surface area contributed by atoms with Crippen LogP contribution < -0.4 is 0 Å². The lowest BCUT2D eigenvalue weighted by Gasteiger charge is -2.14. The van der Waals surface area contributed by atoms with Crippen LogP contribution >= 0.6 is 0 Å². The first-order chi connectivity index (χ1) is 11.6. The van der Waals surface area contributed by atoms with Crippen LogP contribution in [0.3, 0.4) is 0 Å². The normalized spacial score (nSPS) is 11.3. The van der Waals surface area contributed by atoms with Crippen LogP contribution in [-0.4, -0.2) is 13.1 Å². The summed E-state index contributed by atoms with van der Waals surface area (Å²) in [6.07, 6.45) is 0. The fraction of sp³-hybridized carbons (Fsp3) is 0.136. The van der Waals surface area contributed by atoms with E-state index in [4.69, 9.17) is 4.74 Å². The van der Waals surface area contributed by atoms with E-state index in [1.54, 1.807) is 0 Å². The molecule has 0 saturated heterocycles. The molecular formula is C22H18O2. The molecule has 24 heavy (non-hydrogen) atoms. The Bertz CT molecular complexity index is 1120. The van der Waals surface area contributed by atoms with Gasteiger partial charge in [0.2, 0.25) is 0 Å².